The van der Waals surface area contributed by atoms with Gasteiger partial charge in [-0.2, -0.15) is 5.10 Å². The first-order chi connectivity index (χ1) is 8.88. The molecule has 0 radical (unpaired) electrons. The van der Waals surface area contributed by atoms with E-state index in [0.29, 0.717) is 6.54 Å². The zero-order valence-electron chi connectivity index (χ0n) is 10.2. The molecule has 1 aromatic carbocycles. The van der Waals surface area contributed by atoms with Crippen LogP contribution in [-0.2, 0) is 13.0 Å². The lowest BCUT2D eigenvalue weighted by Gasteiger charge is -2.29. The third-order valence-corrected chi connectivity index (χ3v) is 3.30. The van der Waals surface area contributed by atoms with E-state index in [1.807, 2.05) is 12.1 Å². The first-order valence-corrected chi connectivity index (χ1v) is 6.26. The van der Waals surface area contributed by atoms with Crippen molar-refractivity contribution in [3.05, 3.63) is 47.7 Å². The summed E-state index contributed by atoms with van der Waals surface area (Å²) in [6.45, 7) is 1.43. The highest BCUT2D eigenvalue weighted by atomic mass is 15.3. The van der Waals surface area contributed by atoms with Crippen LogP contribution in [0.1, 0.15) is 17.7 Å². The van der Waals surface area contributed by atoms with Crippen molar-refractivity contribution in [2.45, 2.75) is 19.4 Å². The Balaban J connectivity index is 1.97. The summed E-state index contributed by atoms with van der Waals surface area (Å²) in [7, 11) is 0. The minimum Gasteiger partial charge on any atom is -0.325 e. The van der Waals surface area contributed by atoms with Crippen LogP contribution in [0.5, 0.6) is 0 Å². The topological polar surface area (TPSA) is 55.0 Å². The summed E-state index contributed by atoms with van der Waals surface area (Å²) in [5.74, 6) is 0.902. The molecular weight excluding hydrogens is 224 g/mol. The van der Waals surface area contributed by atoms with E-state index in [4.69, 9.17) is 5.73 Å². The molecule has 1 aromatic heterocycles. The number of hydrogen-bond donors (Lipinski definition) is 1. The Hall–Kier alpha value is -1.94. The average molecular weight is 240 g/mol. The second-order valence-corrected chi connectivity index (χ2v) is 4.47. The molecule has 0 bridgehead atoms. The van der Waals surface area contributed by atoms with E-state index in [9.17, 15) is 0 Å². The summed E-state index contributed by atoms with van der Waals surface area (Å²) < 4.78 is 0. The maximum absolute atomic E-state index is 5.54. The first-order valence-electron chi connectivity index (χ1n) is 6.26. The van der Waals surface area contributed by atoms with E-state index in [2.05, 4.69) is 39.4 Å². The van der Waals surface area contributed by atoms with Gasteiger partial charge in [-0.3, -0.25) is 0 Å². The summed E-state index contributed by atoms with van der Waals surface area (Å²) in [5, 5.41) is 8.40. The van der Waals surface area contributed by atoms with Crippen molar-refractivity contribution in [3.63, 3.8) is 0 Å². The summed E-state index contributed by atoms with van der Waals surface area (Å²) in [6.07, 6.45) is 2.29. The van der Waals surface area contributed by atoms with Crippen LogP contribution >= 0.6 is 0 Å². The number of hydrogen-bond acceptors (Lipinski definition) is 4. The molecule has 92 valence electrons. The summed E-state index contributed by atoms with van der Waals surface area (Å²) in [5.41, 5.74) is 8.99. The van der Waals surface area contributed by atoms with E-state index < -0.39 is 0 Å². The number of benzene rings is 1. The molecule has 0 aliphatic carbocycles. The molecule has 2 N–H and O–H groups in total. The lowest BCUT2D eigenvalue weighted by atomic mass is 10.0. The van der Waals surface area contributed by atoms with E-state index in [1.54, 1.807) is 0 Å². The van der Waals surface area contributed by atoms with E-state index in [1.165, 1.54) is 11.3 Å². The Bertz CT molecular complexity index is 536. The van der Waals surface area contributed by atoms with Crippen LogP contribution in [0.2, 0.25) is 0 Å². The lowest BCUT2D eigenvalue weighted by molar-refractivity contribution is 0.749. The molecule has 18 heavy (non-hydrogen) atoms. The number of anilines is 2. The van der Waals surface area contributed by atoms with Crippen molar-refractivity contribution in [2.75, 3.05) is 11.4 Å². The second-order valence-electron chi connectivity index (χ2n) is 4.47. The number of nitrogens with zero attached hydrogens (tertiary/aromatic N) is 3. The number of rotatable bonds is 2. The molecular formula is C14H16N4. The molecule has 4 heteroatoms. The standard InChI is InChI=1S/C14H16N4/c15-10-12-7-8-14(17-16-12)18-9-3-5-11-4-1-2-6-13(11)18/h1-2,4,6-8H,3,5,9-10,15H2. The SMILES string of the molecule is NCc1ccc(N2CCCc3ccccc32)nn1. The number of aromatic nitrogens is 2. The Morgan fingerprint density at radius 3 is 2.78 bits per heavy atom. The minimum absolute atomic E-state index is 0.434. The second kappa shape index (κ2) is 4.74. The molecule has 0 spiro atoms. The third-order valence-electron chi connectivity index (χ3n) is 3.30. The molecule has 0 atom stereocenters. The van der Waals surface area contributed by atoms with Crippen molar-refractivity contribution < 1.29 is 0 Å². The van der Waals surface area contributed by atoms with Crippen LogP contribution in [0.4, 0.5) is 11.5 Å². The third kappa shape index (κ3) is 1.95. The normalized spacial score (nSPS) is 14.4. The van der Waals surface area contributed by atoms with Crippen molar-refractivity contribution >= 4 is 11.5 Å². The lowest BCUT2D eigenvalue weighted by Crippen LogP contribution is -2.25. The van der Waals surface area contributed by atoms with Crippen LogP contribution in [0.25, 0.3) is 0 Å². The van der Waals surface area contributed by atoms with Gasteiger partial charge in [-0.1, -0.05) is 18.2 Å². The van der Waals surface area contributed by atoms with Gasteiger partial charge >= 0.3 is 0 Å². The Morgan fingerprint density at radius 2 is 2.00 bits per heavy atom. The van der Waals surface area contributed by atoms with Gasteiger partial charge in [0.15, 0.2) is 5.82 Å². The maximum atomic E-state index is 5.54. The van der Waals surface area contributed by atoms with E-state index >= 15 is 0 Å². The predicted octanol–water partition coefficient (Wildman–Crippen LogP) is 2.02. The molecule has 2 heterocycles. The minimum atomic E-state index is 0.434. The molecule has 0 fully saturated rings. The van der Waals surface area contributed by atoms with Gasteiger partial charge in [0.25, 0.3) is 0 Å². The Kier molecular flexibility index (Phi) is 2.94. The molecule has 0 unspecified atom stereocenters. The highest BCUT2D eigenvalue weighted by Gasteiger charge is 2.18. The number of nitrogens with two attached hydrogens (primary N) is 1. The average Bonchev–Trinajstić information content (AvgIpc) is 2.47. The zero-order valence-corrected chi connectivity index (χ0v) is 10.2. The summed E-state index contributed by atoms with van der Waals surface area (Å²) in [4.78, 5) is 2.23. The summed E-state index contributed by atoms with van der Waals surface area (Å²) in [6, 6.07) is 12.4. The molecule has 1 aliphatic rings. The van der Waals surface area contributed by atoms with Crippen molar-refractivity contribution in [1.82, 2.24) is 10.2 Å². The fraction of sp³-hybridized carbons (Fsp3) is 0.286. The first kappa shape index (κ1) is 11.2. The van der Waals surface area contributed by atoms with Crippen molar-refractivity contribution in [1.29, 1.82) is 0 Å². The molecule has 0 saturated heterocycles. The Labute approximate surface area is 106 Å². The fourth-order valence-electron chi connectivity index (χ4n) is 2.38. The van der Waals surface area contributed by atoms with Crippen LogP contribution in [0, 0.1) is 0 Å². The van der Waals surface area contributed by atoms with Gasteiger partial charge in [0.1, 0.15) is 0 Å². The monoisotopic (exact) mass is 240 g/mol. The smallest absolute Gasteiger partial charge is 0.155 e. The molecule has 0 amide bonds. The van der Waals surface area contributed by atoms with E-state index in [0.717, 1.165) is 30.9 Å². The molecule has 3 rings (SSSR count). The van der Waals surface area contributed by atoms with Crippen LogP contribution < -0.4 is 10.6 Å². The van der Waals surface area contributed by atoms with Crippen molar-refractivity contribution in [2.24, 2.45) is 5.73 Å². The Morgan fingerprint density at radius 1 is 1.11 bits per heavy atom. The number of fused-ring (bicyclic) bond motifs is 1. The highest BCUT2D eigenvalue weighted by molar-refractivity contribution is 5.64. The van der Waals surface area contributed by atoms with Crippen molar-refractivity contribution in [3.8, 4) is 0 Å². The number of aryl methyl sites for hydroxylation is 1. The van der Waals surface area contributed by atoms with Gasteiger partial charge in [-0.05, 0) is 36.6 Å². The number of para-hydroxylation sites is 1. The van der Waals surface area contributed by atoms with Gasteiger partial charge < -0.3 is 10.6 Å². The van der Waals surface area contributed by atoms with Gasteiger partial charge in [-0.15, -0.1) is 5.10 Å². The van der Waals surface area contributed by atoms with Crippen LogP contribution in [0.15, 0.2) is 36.4 Å². The molecule has 4 nitrogen and oxygen atoms in total. The maximum Gasteiger partial charge on any atom is 0.155 e. The largest absolute Gasteiger partial charge is 0.325 e. The van der Waals surface area contributed by atoms with Gasteiger partial charge in [0.05, 0.1) is 5.69 Å². The van der Waals surface area contributed by atoms with Crippen LogP contribution in [-0.4, -0.2) is 16.7 Å². The fourth-order valence-corrected chi connectivity index (χ4v) is 2.38. The highest BCUT2D eigenvalue weighted by Crippen LogP contribution is 2.31. The predicted molar refractivity (Wildman–Crippen MR) is 71.7 cm³/mol. The van der Waals surface area contributed by atoms with Crippen LogP contribution in [0.3, 0.4) is 0 Å². The van der Waals surface area contributed by atoms with Gasteiger partial charge in [-0.25, -0.2) is 0 Å². The summed E-state index contributed by atoms with van der Waals surface area (Å²) >= 11 is 0. The van der Waals surface area contributed by atoms with Gasteiger partial charge in [0, 0.05) is 18.8 Å². The quantitative estimate of drug-likeness (QED) is 0.872. The van der Waals surface area contributed by atoms with E-state index in [-0.39, 0.29) is 0 Å². The molecule has 0 saturated carbocycles. The molecule has 2 aromatic rings. The van der Waals surface area contributed by atoms with Gasteiger partial charge in [0.2, 0.25) is 0 Å². The molecule has 1 aliphatic heterocycles. The zero-order chi connectivity index (χ0) is 12.4.